The molecule has 0 spiro atoms. The van der Waals surface area contributed by atoms with Gasteiger partial charge in [-0.05, 0) is 13.8 Å². The van der Waals surface area contributed by atoms with Crippen LogP contribution in [-0.4, -0.2) is 99.9 Å². The number of carboxylic acid groups (broad SMARTS) is 2. The Labute approximate surface area is 262 Å². The summed E-state index contributed by atoms with van der Waals surface area (Å²) in [6, 6.07) is -1.21. The summed E-state index contributed by atoms with van der Waals surface area (Å²) in [6.45, 7) is 2.00. The molecule has 0 aliphatic carbocycles. The fraction of sp³-hybridized carbons (Fsp3) is 0.435. The number of rotatable bonds is 12. The third kappa shape index (κ3) is 6.52. The summed E-state index contributed by atoms with van der Waals surface area (Å²) in [7, 11) is 1.55. The van der Waals surface area contributed by atoms with Crippen LogP contribution in [0.2, 0.25) is 0 Å². The molecule has 0 radical (unpaired) electrons. The lowest BCUT2D eigenvalue weighted by Gasteiger charge is -2.50. The highest BCUT2D eigenvalue weighted by atomic mass is 32.2. The van der Waals surface area contributed by atoms with E-state index in [2.05, 4.69) is 25.1 Å². The third-order valence-electron chi connectivity index (χ3n) is 6.70. The average Bonchev–Trinajstić information content (AvgIpc) is 3.52. The van der Waals surface area contributed by atoms with E-state index in [0.717, 1.165) is 28.2 Å². The van der Waals surface area contributed by atoms with Crippen molar-refractivity contribution in [2.24, 2.45) is 17.9 Å². The van der Waals surface area contributed by atoms with E-state index in [0.29, 0.717) is 0 Å². The Morgan fingerprint density at radius 1 is 1.33 bits per heavy atom. The van der Waals surface area contributed by atoms with Crippen LogP contribution in [-0.2, 0) is 42.4 Å². The number of hydrogen-bond donors (Lipinski definition) is 7. The number of nitrogens with one attached hydrogen (secondary N) is 2. The number of carbonyl (C=O) groups excluding carboxylic acids is 4. The van der Waals surface area contributed by atoms with Gasteiger partial charge in [-0.2, -0.15) is 9.36 Å². The maximum atomic E-state index is 13.2. The van der Waals surface area contributed by atoms with Crippen LogP contribution in [0.25, 0.3) is 0 Å². The zero-order chi connectivity index (χ0) is 33.4. The zero-order valence-corrected chi connectivity index (χ0v) is 25.5. The van der Waals surface area contributed by atoms with Gasteiger partial charge in [0.15, 0.2) is 23.2 Å². The van der Waals surface area contributed by atoms with Gasteiger partial charge in [-0.25, -0.2) is 4.79 Å². The second kappa shape index (κ2) is 12.7. The van der Waals surface area contributed by atoms with E-state index in [1.165, 1.54) is 29.4 Å². The zero-order valence-electron chi connectivity index (χ0n) is 23.9. The van der Waals surface area contributed by atoms with Crippen molar-refractivity contribution in [1.82, 2.24) is 24.3 Å². The van der Waals surface area contributed by atoms with Crippen LogP contribution in [0.5, 0.6) is 0 Å². The second-order valence-electron chi connectivity index (χ2n) is 10.2. The lowest BCUT2D eigenvalue weighted by molar-refractivity contribution is -0.765. The van der Waals surface area contributed by atoms with Crippen molar-refractivity contribution in [1.29, 1.82) is 0 Å². The highest BCUT2D eigenvalue weighted by Crippen LogP contribution is 2.40. The number of thioether (sulfide) groups is 1. The monoisotopic (exact) mass is 667 g/mol. The van der Waals surface area contributed by atoms with Crippen molar-refractivity contribution < 1.29 is 48.8 Å². The van der Waals surface area contributed by atoms with Crippen LogP contribution in [0.3, 0.4) is 0 Å². The van der Waals surface area contributed by atoms with Gasteiger partial charge < -0.3 is 52.8 Å². The van der Waals surface area contributed by atoms with E-state index >= 15 is 0 Å². The Morgan fingerprint density at radius 2 is 2.02 bits per heavy atom. The number of carboxylic acids is 2. The van der Waals surface area contributed by atoms with E-state index in [-0.39, 0.29) is 46.9 Å². The fourth-order valence-electron chi connectivity index (χ4n) is 4.10. The molecule has 0 bridgehead atoms. The van der Waals surface area contributed by atoms with Crippen LogP contribution in [0.15, 0.2) is 22.6 Å². The first kappa shape index (κ1) is 33.1. The number of aliphatic hydroxyl groups is 1. The van der Waals surface area contributed by atoms with Crippen molar-refractivity contribution in [2.45, 2.75) is 43.5 Å². The Bertz CT molecular complexity index is 1630. The number of anilines is 3. The molecule has 3 atom stereocenters. The minimum absolute atomic E-state index is 0.0199. The van der Waals surface area contributed by atoms with Gasteiger partial charge in [0.2, 0.25) is 23.3 Å². The summed E-state index contributed by atoms with van der Waals surface area (Å²) in [4.78, 5) is 72.1. The van der Waals surface area contributed by atoms with E-state index in [4.69, 9.17) is 22.0 Å². The first-order valence-corrected chi connectivity index (χ1v) is 14.7. The molecule has 4 heterocycles. The summed E-state index contributed by atoms with van der Waals surface area (Å²) in [6.07, 6.45) is -0.0487. The molecule has 22 heteroatoms. The van der Waals surface area contributed by atoms with Crippen LogP contribution >= 0.6 is 23.3 Å². The molecule has 1 unspecified atom stereocenters. The molecule has 1 fully saturated rings. The topological polar surface area (TPSA) is 310 Å². The quantitative estimate of drug-likeness (QED) is 0.0484. The normalized spacial score (nSPS) is 19.0. The van der Waals surface area contributed by atoms with E-state index in [1.807, 2.05) is 0 Å². The molecule has 10 N–H and O–H groups in total. The van der Waals surface area contributed by atoms with Crippen molar-refractivity contribution in [3.8, 4) is 0 Å². The predicted octanol–water partition coefficient (Wildman–Crippen LogP) is -4.73. The number of nitrogens with two attached hydrogens (primary N) is 3. The summed E-state index contributed by atoms with van der Waals surface area (Å²) >= 11 is 1.89. The minimum atomic E-state index is -1.83. The second-order valence-corrected chi connectivity index (χ2v) is 12.1. The SMILES string of the molecule is Cn1c(N)c(NC(=O)C(O)CN)c[n+]1CC1=C(C(=O)[O-])N2C(=O)[C@@H](NC(=O)/C(=N\OC(C)(C)C(=O)O)c3nsc(N)n3)[C@H]2SC1. The number of fused-ring (bicyclic) bond motifs is 1. The van der Waals surface area contributed by atoms with Gasteiger partial charge in [0.1, 0.15) is 17.5 Å². The molecule has 0 saturated carbocycles. The molecule has 0 aromatic carbocycles. The predicted molar refractivity (Wildman–Crippen MR) is 154 cm³/mol. The summed E-state index contributed by atoms with van der Waals surface area (Å²) in [5.74, 6) is -5.65. The molecular formula is C23H29N11O9S2. The summed E-state index contributed by atoms with van der Waals surface area (Å²) < 4.78 is 6.81. The molecule has 2 aromatic heterocycles. The molecule has 242 valence electrons. The average molecular weight is 668 g/mol. The molecule has 1 saturated heterocycles. The van der Waals surface area contributed by atoms with Crippen molar-refractivity contribution >= 4 is 75.3 Å². The van der Waals surface area contributed by atoms with Gasteiger partial charge in [-0.1, -0.05) is 5.16 Å². The Morgan fingerprint density at radius 3 is 2.60 bits per heavy atom. The van der Waals surface area contributed by atoms with Crippen molar-refractivity contribution in [3.63, 3.8) is 0 Å². The molecule has 4 rings (SSSR count). The minimum Gasteiger partial charge on any atom is -0.543 e. The Balaban J connectivity index is 1.55. The highest BCUT2D eigenvalue weighted by molar-refractivity contribution is 8.00. The van der Waals surface area contributed by atoms with Gasteiger partial charge in [0.05, 0.1) is 18.7 Å². The van der Waals surface area contributed by atoms with Gasteiger partial charge in [0, 0.05) is 29.4 Å². The lowest BCUT2D eigenvalue weighted by Crippen LogP contribution is -2.71. The van der Waals surface area contributed by atoms with Gasteiger partial charge in [-0.15, -0.1) is 21.1 Å². The third-order valence-corrected chi connectivity index (χ3v) is 8.58. The van der Waals surface area contributed by atoms with E-state index < -0.39 is 64.2 Å². The number of amides is 3. The van der Waals surface area contributed by atoms with Crippen molar-refractivity contribution in [2.75, 3.05) is 29.1 Å². The number of hydrogen-bond acceptors (Lipinski definition) is 16. The molecule has 2 aromatic rings. The van der Waals surface area contributed by atoms with Gasteiger partial charge in [0.25, 0.3) is 17.7 Å². The smallest absolute Gasteiger partial charge is 0.350 e. The first-order chi connectivity index (χ1) is 21.1. The first-order valence-electron chi connectivity index (χ1n) is 12.9. The van der Waals surface area contributed by atoms with E-state index in [9.17, 15) is 39.3 Å². The lowest BCUT2D eigenvalue weighted by atomic mass is 10.0. The number of oxime groups is 1. The van der Waals surface area contributed by atoms with Crippen molar-refractivity contribution in [3.05, 3.63) is 23.3 Å². The largest absolute Gasteiger partial charge is 0.543 e. The number of aromatic nitrogens is 4. The van der Waals surface area contributed by atoms with E-state index in [1.54, 1.807) is 7.05 Å². The molecule has 2 aliphatic rings. The van der Waals surface area contributed by atoms with Crippen LogP contribution in [0.4, 0.5) is 16.6 Å². The van der Waals surface area contributed by atoms with Crippen LogP contribution in [0.1, 0.15) is 19.7 Å². The number of aliphatic hydroxyl groups excluding tert-OH is 1. The van der Waals surface area contributed by atoms with Crippen LogP contribution < -0.4 is 37.6 Å². The Kier molecular flexibility index (Phi) is 9.32. The van der Waals surface area contributed by atoms with Gasteiger partial charge >= 0.3 is 5.97 Å². The number of nitrogens with zero attached hydrogens (tertiary/aromatic N) is 6. The molecule has 20 nitrogen and oxygen atoms in total. The molecule has 3 amide bonds. The summed E-state index contributed by atoms with van der Waals surface area (Å²) in [5, 5.41) is 38.9. The molecule has 2 aliphatic heterocycles. The maximum absolute atomic E-state index is 13.2. The summed E-state index contributed by atoms with van der Waals surface area (Å²) in [5.41, 5.74) is 14.6. The maximum Gasteiger partial charge on any atom is 0.350 e. The molecular weight excluding hydrogens is 638 g/mol. The standard InChI is InChI=1S/C23H29N11O9S2/c1-23(2,21(41)42)43-30-11(15-29-22(26)45-31-15)17(37)28-12-18(38)34-13(20(39)40)8(7-44-19(12)34)5-33-6-9(14(25)32(33)3)27-16(36)10(35)4-24/h6,10,12,19,25,35H,4-5,7,24H2,1-3H3,(H6,26,27,28,29,31,36,37,39,40,41,42)/b30-11-/t10?,12-,19-/m1/s1. The fourth-order valence-corrected chi connectivity index (χ4v) is 5.87. The molecule has 45 heavy (non-hydrogen) atoms. The number of carbonyl (C=O) groups is 5. The highest BCUT2D eigenvalue weighted by Gasteiger charge is 2.53. The van der Waals surface area contributed by atoms with Gasteiger partial charge in [-0.3, -0.25) is 19.3 Å². The van der Waals surface area contributed by atoms with Crippen LogP contribution in [0, 0.1) is 0 Å². The number of aliphatic carboxylic acids is 2. The number of β-lactam (4-membered cyclic amide) rings is 1. The Hall–Kier alpha value is -4.80. The number of nitrogen functional groups attached to an aromatic ring is 2.